The molecule has 0 atom stereocenters. The van der Waals surface area contributed by atoms with E-state index in [1.54, 1.807) is 18.6 Å². The molecule has 0 radical (unpaired) electrons. The zero-order chi connectivity index (χ0) is 12.1. The summed E-state index contributed by atoms with van der Waals surface area (Å²) in [4.78, 5) is 14.6. The van der Waals surface area contributed by atoms with Gasteiger partial charge in [-0.15, -0.1) is 0 Å². The molecule has 2 aromatic heterocycles. The average Bonchev–Trinajstić information content (AvgIpc) is 2.33. The molecule has 5 heteroatoms. The fourth-order valence-corrected chi connectivity index (χ4v) is 1.62. The van der Waals surface area contributed by atoms with Crippen LogP contribution in [0.1, 0.15) is 11.4 Å². The van der Waals surface area contributed by atoms with Crippen LogP contribution in [-0.4, -0.2) is 26.9 Å². The van der Waals surface area contributed by atoms with Crippen LogP contribution in [0.15, 0.2) is 36.8 Å². The standard InChI is InChI=1S/C12H13ClN4/c1-17(8-10-4-2-3-5-14-10)9-11-6-16-12(13)7-15-11/h2-7H,8-9H2,1H3. The predicted molar refractivity (Wildman–Crippen MR) is 66.5 cm³/mol. The number of rotatable bonds is 4. The Kier molecular flexibility index (Phi) is 4.01. The van der Waals surface area contributed by atoms with Crippen molar-refractivity contribution in [2.75, 3.05) is 7.05 Å². The van der Waals surface area contributed by atoms with Gasteiger partial charge in [0.1, 0.15) is 5.15 Å². The number of halogens is 1. The summed E-state index contributed by atoms with van der Waals surface area (Å²) in [6, 6.07) is 5.90. The number of hydrogen-bond donors (Lipinski definition) is 0. The summed E-state index contributed by atoms with van der Waals surface area (Å²) >= 11 is 5.68. The minimum Gasteiger partial charge on any atom is -0.295 e. The molecule has 2 rings (SSSR count). The van der Waals surface area contributed by atoms with E-state index in [9.17, 15) is 0 Å². The van der Waals surface area contributed by atoms with Crippen molar-refractivity contribution >= 4 is 11.6 Å². The summed E-state index contributed by atoms with van der Waals surface area (Å²) in [6.07, 6.45) is 5.05. The first kappa shape index (κ1) is 12.0. The predicted octanol–water partition coefficient (Wildman–Crippen LogP) is 2.16. The van der Waals surface area contributed by atoms with Crippen LogP contribution in [0.5, 0.6) is 0 Å². The lowest BCUT2D eigenvalue weighted by molar-refractivity contribution is 0.311. The zero-order valence-electron chi connectivity index (χ0n) is 9.55. The summed E-state index contributed by atoms with van der Waals surface area (Å²) < 4.78 is 0. The molecule has 0 aliphatic rings. The first-order valence-corrected chi connectivity index (χ1v) is 5.67. The van der Waals surface area contributed by atoms with Crippen LogP contribution in [0.2, 0.25) is 5.15 Å². The van der Waals surface area contributed by atoms with Crippen molar-refractivity contribution in [3.63, 3.8) is 0 Å². The van der Waals surface area contributed by atoms with Crippen LogP contribution in [-0.2, 0) is 13.1 Å². The third-order valence-corrected chi connectivity index (χ3v) is 2.46. The molecule has 2 aromatic rings. The highest BCUT2D eigenvalue weighted by Crippen LogP contribution is 2.05. The lowest BCUT2D eigenvalue weighted by atomic mass is 10.3. The van der Waals surface area contributed by atoms with Crippen LogP contribution < -0.4 is 0 Å². The first-order chi connectivity index (χ1) is 8.24. The van der Waals surface area contributed by atoms with Crippen LogP contribution in [0, 0.1) is 0 Å². The van der Waals surface area contributed by atoms with Gasteiger partial charge in [0.25, 0.3) is 0 Å². The molecule has 88 valence electrons. The van der Waals surface area contributed by atoms with Gasteiger partial charge in [0.2, 0.25) is 0 Å². The van der Waals surface area contributed by atoms with Gasteiger partial charge in [0, 0.05) is 19.3 Å². The molecular formula is C12H13ClN4. The second-order valence-electron chi connectivity index (χ2n) is 3.82. The van der Waals surface area contributed by atoms with Gasteiger partial charge in [-0.2, -0.15) is 0 Å². The maximum atomic E-state index is 5.68. The molecule has 0 saturated carbocycles. The van der Waals surface area contributed by atoms with Gasteiger partial charge in [-0.05, 0) is 19.2 Å². The van der Waals surface area contributed by atoms with Gasteiger partial charge >= 0.3 is 0 Å². The lowest BCUT2D eigenvalue weighted by Gasteiger charge is -2.15. The average molecular weight is 249 g/mol. The molecular weight excluding hydrogens is 236 g/mol. The Hall–Kier alpha value is -1.52. The molecule has 0 amide bonds. The van der Waals surface area contributed by atoms with E-state index >= 15 is 0 Å². The van der Waals surface area contributed by atoms with E-state index in [1.165, 1.54) is 0 Å². The third kappa shape index (κ3) is 3.76. The molecule has 0 aliphatic heterocycles. The maximum Gasteiger partial charge on any atom is 0.147 e. The Morgan fingerprint density at radius 3 is 2.53 bits per heavy atom. The molecule has 0 N–H and O–H groups in total. The van der Waals surface area contributed by atoms with E-state index in [0.29, 0.717) is 5.15 Å². The third-order valence-electron chi connectivity index (χ3n) is 2.26. The summed E-state index contributed by atoms with van der Waals surface area (Å²) in [5, 5.41) is 0.418. The Labute approximate surface area is 105 Å². The molecule has 0 bridgehead atoms. The summed E-state index contributed by atoms with van der Waals surface area (Å²) in [6.45, 7) is 1.51. The van der Waals surface area contributed by atoms with Crippen LogP contribution >= 0.6 is 11.6 Å². The van der Waals surface area contributed by atoms with E-state index in [-0.39, 0.29) is 0 Å². The molecule has 0 saturated heterocycles. The normalized spacial score (nSPS) is 10.8. The first-order valence-electron chi connectivity index (χ1n) is 5.29. The van der Waals surface area contributed by atoms with Gasteiger partial charge in [0.15, 0.2) is 0 Å². The fraction of sp³-hybridized carbons (Fsp3) is 0.250. The smallest absolute Gasteiger partial charge is 0.147 e. The zero-order valence-corrected chi connectivity index (χ0v) is 10.3. The molecule has 0 spiro atoms. The number of aromatic nitrogens is 3. The van der Waals surface area contributed by atoms with E-state index in [2.05, 4.69) is 19.9 Å². The van der Waals surface area contributed by atoms with E-state index < -0.39 is 0 Å². The molecule has 0 aliphatic carbocycles. The highest BCUT2D eigenvalue weighted by Gasteiger charge is 2.03. The Balaban J connectivity index is 1.93. The Morgan fingerprint density at radius 1 is 1.06 bits per heavy atom. The van der Waals surface area contributed by atoms with Gasteiger partial charge in [0.05, 0.1) is 23.8 Å². The van der Waals surface area contributed by atoms with Crippen molar-refractivity contribution in [2.45, 2.75) is 13.1 Å². The highest BCUT2D eigenvalue weighted by molar-refractivity contribution is 6.29. The van der Waals surface area contributed by atoms with Gasteiger partial charge in [-0.25, -0.2) is 4.98 Å². The van der Waals surface area contributed by atoms with E-state index in [1.807, 2.05) is 25.2 Å². The Bertz CT molecular complexity index is 458. The van der Waals surface area contributed by atoms with Crippen molar-refractivity contribution in [1.29, 1.82) is 0 Å². The second kappa shape index (κ2) is 5.70. The number of pyridine rings is 1. The van der Waals surface area contributed by atoms with Gasteiger partial charge in [-0.1, -0.05) is 17.7 Å². The van der Waals surface area contributed by atoms with Crippen molar-refractivity contribution in [3.05, 3.63) is 53.3 Å². The summed E-state index contributed by atoms with van der Waals surface area (Å²) in [7, 11) is 2.02. The summed E-state index contributed by atoms with van der Waals surface area (Å²) in [5.41, 5.74) is 1.93. The quantitative estimate of drug-likeness (QED) is 0.832. The van der Waals surface area contributed by atoms with Crippen molar-refractivity contribution in [1.82, 2.24) is 19.9 Å². The topological polar surface area (TPSA) is 41.9 Å². The molecule has 2 heterocycles. The van der Waals surface area contributed by atoms with E-state index in [0.717, 1.165) is 24.5 Å². The van der Waals surface area contributed by atoms with Crippen molar-refractivity contribution in [3.8, 4) is 0 Å². The van der Waals surface area contributed by atoms with Crippen molar-refractivity contribution in [2.24, 2.45) is 0 Å². The number of nitrogens with zero attached hydrogens (tertiary/aromatic N) is 4. The van der Waals surface area contributed by atoms with E-state index in [4.69, 9.17) is 11.6 Å². The molecule has 0 fully saturated rings. The largest absolute Gasteiger partial charge is 0.295 e. The lowest BCUT2D eigenvalue weighted by Crippen LogP contribution is -2.18. The van der Waals surface area contributed by atoms with Gasteiger partial charge in [-0.3, -0.25) is 14.9 Å². The molecule has 17 heavy (non-hydrogen) atoms. The minimum atomic E-state index is 0.418. The van der Waals surface area contributed by atoms with Crippen LogP contribution in [0.3, 0.4) is 0 Å². The number of hydrogen-bond acceptors (Lipinski definition) is 4. The summed E-state index contributed by atoms with van der Waals surface area (Å²) in [5.74, 6) is 0. The molecule has 0 unspecified atom stereocenters. The van der Waals surface area contributed by atoms with Crippen molar-refractivity contribution < 1.29 is 0 Å². The maximum absolute atomic E-state index is 5.68. The SMILES string of the molecule is CN(Cc1ccccn1)Cc1cnc(Cl)cn1. The second-order valence-corrected chi connectivity index (χ2v) is 4.21. The van der Waals surface area contributed by atoms with Crippen LogP contribution in [0.4, 0.5) is 0 Å². The minimum absolute atomic E-state index is 0.418. The fourth-order valence-electron chi connectivity index (χ4n) is 1.52. The highest BCUT2D eigenvalue weighted by atomic mass is 35.5. The molecule has 4 nitrogen and oxygen atoms in total. The Morgan fingerprint density at radius 2 is 1.88 bits per heavy atom. The van der Waals surface area contributed by atoms with Crippen LogP contribution in [0.25, 0.3) is 0 Å². The van der Waals surface area contributed by atoms with Gasteiger partial charge < -0.3 is 0 Å². The molecule has 0 aromatic carbocycles. The monoisotopic (exact) mass is 248 g/mol.